The molecular weight excluding hydrogens is 490 g/mol. The van der Waals surface area contributed by atoms with Gasteiger partial charge in [-0.2, -0.15) is 0 Å². The monoisotopic (exact) mass is 521 g/mol. The van der Waals surface area contributed by atoms with Crippen molar-refractivity contribution in [3.8, 4) is 11.5 Å². The minimum atomic E-state index is -3.93. The molecule has 0 aliphatic carbocycles. The second-order valence-electron chi connectivity index (χ2n) is 8.80. The number of nitrogens with one attached hydrogen (secondary N) is 1. The second-order valence-corrected chi connectivity index (χ2v) is 10.7. The predicted molar refractivity (Wildman–Crippen MR) is 144 cm³/mol. The van der Waals surface area contributed by atoms with Gasteiger partial charge in [-0.1, -0.05) is 37.6 Å². The van der Waals surface area contributed by atoms with Gasteiger partial charge in [0.25, 0.3) is 0 Å². The number of anilines is 1. The lowest BCUT2D eigenvalue weighted by molar-refractivity contribution is -0.116. The molecule has 0 aliphatic heterocycles. The van der Waals surface area contributed by atoms with Crippen LogP contribution < -0.4 is 14.8 Å². The van der Waals surface area contributed by atoms with Crippen LogP contribution in [0.4, 0.5) is 5.69 Å². The first-order valence-electron chi connectivity index (χ1n) is 12.1. The summed E-state index contributed by atoms with van der Waals surface area (Å²) in [4.78, 5) is 17.4. The number of methoxy groups -OCH3 is 2. The van der Waals surface area contributed by atoms with Crippen LogP contribution in [0, 0.1) is 0 Å². The standard InChI is InChI=1S/C28H31N3O5S/c1-4-5-8-20-11-13-22(14-12-20)29-27(32)18-31-26-10-7-6-9-25(26)30-28(31)37(33,34)19-21-15-23(35-2)17-24(16-21)36-3/h6-7,9-17H,4-5,8,18-19H2,1-3H3,(H,29,32). The van der Waals surface area contributed by atoms with Crippen molar-refractivity contribution in [2.45, 2.75) is 43.6 Å². The minimum Gasteiger partial charge on any atom is -0.497 e. The van der Waals surface area contributed by atoms with Gasteiger partial charge in [-0.15, -0.1) is 0 Å². The summed E-state index contributed by atoms with van der Waals surface area (Å²) in [5.41, 5.74) is 3.42. The first kappa shape index (κ1) is 26.2. The van der Waals surface area contributed by atoms with Gasteiger partial charge in [-0.25, -0.2) is 13.4 Å². The lowest BCUT2D eigenvalue weighted by Crippen LogP contribution is -2.22. The number of amides is 1. The van der Waals surface area contributed by atoms with Crippen LogP contribution in [0.5, 0.6) is 11.5 Å². The van der Waals surface area contributed by atoms with Gasteiger partial charge in [0.1, 0.15) is 18.0 Å². The average Bonchev–Trinajstić information content (AvgIpc) is 3.27. The Balaban J connectivity index is 1.61. The van der Waals surface area contributed by atoms with Crippen molar-refractivity contribution in [3.63, 3.8) is 0 Å². The number of aromatic nitrogens is 2. The second kappa shape index (κ2) is 11.5. The van der Waals surface area contributed by atoms with Crippen molar-refractivity contribution in [3.05, 3.63) is 77.9 Å². The Morgan fingerprint density at radius 3 is 2.27 bits per heavy atom. The van der Waals surface area contributed by atoms with E-state index in [1.165, 1.54) is 24.4 Å². The molecule has 37 heavy (non-hydrogen) atoms. The summed E-state index contributed by atoms with van der Waals surface area (Å²) < 4.78 is 39.1. The first-order chi connectivity index (χ1) is 17.8. The molecule has 1 aromatic heterocycles. The van der Waals surface area contributed by atoms with Crippen LogP contribution >= 0.6 is 0 Å². The van der Waals surface area contributed by atoms with Crippen molar-refractivity contribution < 1.29 is 22.7 Å². The topological polar surface area (TPSA) is 99.5 Å². The summed E-state index contributed by atoms with van der Waals surface area (Å²) in [7, 11) is -0.920. The van der Waals surface area contributed by atoms with Gasteiger partial charge in [0.2, 0.25) is 20.9 Å². The summed E-state index contributed by atoms with van der Waals surface area (Å²) in [6.07, 6.45) is 3.22. The zero-order valence-corrected chi connectivity index (χ0v) is 22.0. The van der Waals surface area contributed by atoms with Crippen molar-refractivity contribution in [2.75, 3.05) is 19.5 Å². The molecule has 1 amide bonds. The van der Waals surface area contributed by atoms with E-state index in [0.29, 0.717) is 33.8 Å². The molecule has 3 aromatic carbocycles. The average molecular weight is 522 g/mol. The minimum absolute atomic E-state index is 0.166. The van der Waals surface area contributed by atoms with E-state index in [4.69, 9.17) is 9.47 Å². The molecule has 0 unspecified atom stereocenters. The molecular formula is C28H31N3O5S. The van der Waals surface area contributed by atoms with Crippen LogP contribution in [0.1, 0.15) is 30.9 Å². The van der Waals surface area contributed by atoms with E-state index in [-0.39, 0.29) is 23.4 Å². The molecule has 1 N–H and O–H groups in total. The number of unbranched alkanes of at least 4 members (excludes halogenated alkanes) is 1. The molecule has 0 saturated heterocycles. The van der Waals surface area contributed by atoms with E-state index < -0.39 is 9.84 Å². The molecule has 4 rings (SSSR count). The van der Waals surface area contributed by atoms with Crippen molar-refractivity contribution in [2.24, 2.45) is 0 Å². The maximum atomic E-state index is 13.6. The summed E-state index contributed by atoms with van der Waals surface area (Å²) in [5, 5.41) is 2.71. The highest BCUT2D eigenvalue weighted by atomic mass is 32.2. The number of aryl methyl sites for hydroxylation is 1. The normalized spacial score (nSPS) is 11.4. The Morgan fingerprint density at radius 2 is 1.62 bits per heavy atom. The molecule has 1 heterocycles. The fourth-order valence-corrected chi connectivity index (χ4v) is 5.63. The fourth-order valence-electron chi connectivity index (χ4n) is 4.16. The highest BCUT2D eigenvalue weighted by Gasteiger charge is 2.26. The third kappa shape index (κ3) is 6.29. The summed E-state index contributed by atoms with van der Waals surface area (Å²) in [5.74, 6) is 0.297. The highest BCUT2D eigenvalue weighted by Crippen LogP contribution is 2.27. The molecule has 0 aliphatic rings. The molecule has 0 spiro atoms. The summed E-state index contributed by atoms with van der Waals surface area (Å²) >= 11 is 0. The van der Waals surface area contributed by atoms with Crippen LogP contribution in [0.25, 0.3) is 11.0 Å². The van der Waals surface area contributed by atoms with Crippen LogP contribution in [0.15, 0.2) is 71.9 Å². The van der Waals surface area contributed by atoms with Crippen molar-refractivity contribution in [1.82, 2.24) is 9.55 Å². The number of rotatable bonds is 11. The zero-order valence-electron chi connectivity index (χ0n) is 21.2. The summed E-state index contributed by atoms with van der Waals surface area (Å²) in [6.45, 7) is 1.95. The number of carbonyl (C=O) groups excluding carboxylic acids is 1. The third-order valence-electron chi connectivity index (χ3n) is 6.02. The SMILES string of the molecule is CCCCc1ccc(NC(=O)Cn2c(S(=O)(=O)Cc3cc(OC)cc(OC)c3)nc3ccccc32)cc1. The quantitative estimate of drug-likeness (QED) is 0.298. The number of para-hydroxylation sites is 2. The van der Waals surface area contributed by atoms with Gasteiger partial charge in [0.15, 0.2) is 0 Å². The lowest BCUT2D eigenvalue weighted by Gasteiger charge is -2.12. The number of ether oxygens (including phenoxy) is 2. The number of sulfone groups is 1. The van der Waals surface area contributed by atoms with Crippen molar-refractivity contribution >= 4 is 32.5 Å². The molecule has 4 aromatic rings. The van der Waals surface area contributed by atoms with Gasteiger partial charge >= 0.3 is 0 Å². The van der Waals surface area contributed by atoms with Gasteiger partial charge in [0.05, 0.1) is 31.0 Å². The van der Waals surface area contributed by atoms with E-state index in [2.05, 4.69) is 17.2 Å². The molecule has 0 atom stereocenters. The molecule has 194 valence electrons. The predicted octanol–water partition coefficient (Wildman–Crippen LogP) is 5.01. The number of fused-ring (bicyclic) bond motifs is 1. The van der Waals surface area contributed by atoms with Crippen LogP contribution in [-0.4, -0.2) is 38.1 Å². The number of nitrogens with zero attached hydrogens (tertiary/aromatic N) is 2. The van der Waals surface area contributed by atoms with Gasteiger partial charge in [-0.3, -0.25) is 4.79 Å². The molecule has 9 heteroatoms. The Morgan fingerprint density at radius 1 is 0.946 bits per heavy atom. The Bertz CT molecular complexity index is 1470. The lowest BCUT2D eigenvalue weighted by atomic mass is 10.1. The largest absolute Gasteiger partial charge is 0.497 e. The Kier molecular flexibility index (Phi) is 8.13. The third-order valence-corrected chi connectivity index (χ3v) is 7.61. The van der Waals surface area contributed by atoms with Crippen LogP contribution in [-0.2, 0) is 33.4 Å². The van der Waals surface area contributed by atoms with E-state index in [0.717, 1.165) is 19.3 Å². The van der Waals surface area contributed by atoms with Gasteiger partial charge < -0.3 is 19.4 Å². The molecule has 0 fully saturated rings. The van der Waals surface area contributed by atoms with Crippen LogP contribution in [0.2, 0.25) is 0 Å². The van der Waals surface area contributed by atoms with Gasteiger partial charge in [0, 0.05) is 11.8 Å². The van der Waals surface area contributed by atoms with E-state index >= 15 is 0 Å². The van der Waals surface area contributed by atoms with Crippen molar-refractivity contribution in [1.29, 1.82) is 0 Å². The summed E-state index contributed by atoms with van der Waals surface area (Å²) in [6, 6.07) is 19.7. The number of benzene rings is 3. The maximum Gasteiger partial charge on any atom is 0.244 e. The fraction of sp³-hybridized carbons (Fsp3) is 0.286. The smallest absolute Gasteiger partial charge is 0.244 e. The first-order valence-corrected chi connectivity index (χ1v) is 13.8. The van der Waals surface area contributed by atoms with Crippen LogP contribution in [0.3, 0.4) is 0 Å². The molecule has 0 saturated carbocycles. The Labute approximate surface area is 217 Å². The number of imidazole rings is 1. The van der Waals surface area contributed by atoms with E-state index in [9.17, 15) is 13.2 Å². The molecule has 0 bridgehead atoms. The molecule has 0 radical (unpaired) electrons. The number of carbonyl (C=O) groups is 1. The number of hydrogen-bond acceptors (Lipinski definition) is 6. The maximum absolute atomic E-state index is 13.6. The Hall–Kier alpha value is -3.85. The zero-order chi connectivity index (χ0) is 26.4. The van der Waals surface area contributed by atoms with Gasteiger partial charge in [-0.05, 0) is 60.4 Å². The van der Waals surface area contributed by atoms with E-state index in [1.54, 1.807) is 42.5 Å². The highest BCUT2D eigenvalue weighted by molar-refractivity contribution is 7.90. The van der Waals surface area contributed by atoms with E-state index in [1.807, 2.05) is 24.3 Å². The molecule has 8 nitrogen and oxygen atoms in total. The number of hydrogen-bond donors (Lipinski definition) is 1.